The highest BCUT2D eigenvalue weighted by molar-refractivity contribution is 5.98. The maximum Gasteiger partial charge on any atom is 0.265 e. The summed E-state index contributed by atoms with van der Waals surface area (Å²) in [6, 6.07) is 2.43. The molecule has 1 aliphatic carbocycles. The van der Waals surface area contributed by atoms with Gasteiger partial charge >= 0.3 is 0 Å². The van der Waals surface area contributed by atoms with Crippen LogP contribution < -0.4 is 10.2 Å². The Morgan fingerprint density at radius 2 is 2.03 bits per heavy atom. The number of carbonyl (C=O) groups is 2. The van der Waals surface area contributed by atoms with Crippen LogP contribution in [0.5, 0.6) is 0 Å². The van der Waals surface area contributed by atoms with Crippen LogP contribution in [0.4, 0.5) is 28.9 Å². The van der Waals surface area contributed by atoms with E-state index in [9.17, 15) is 27.2 Å². The number of carbonyl (C=O) groups excluding carboxylic acids is 2. The maximum absolute atomic E-state index is 13.6. The van der Waals surface area contributed by atoms with Crippen molar-refractivity contribution >= 4 is 23.2 Å². The summed E-state index contributed by atoms with van der Waals surface area (Å²) in [5.41, 5.74) is 7.22. The zero-order valence-electron chi connectivity index (χ0n) is 16.1. The molecule has 3 rings (SSSR count). The van der Waals surface area contributed by atoms with Crippen LogP contribution in [0.25, 0.3) is 5.73 Å². The van der Waals surface area contributed by atoms with Gasteiger partial charge in [0.25, 0.3) is 18.8 Å². The fraction of sp³-hybridized carbons (Fsp3) is 0.579. The molecule has 30 heavy (non-hydrogen) atoms. The third-order valence-electron chi connectivity index (χ3n) is 5.09. The van der Waals surface area contributed by atoms with Crippen molar-refractivity contribution in [3.05, 3.63) is 29.5 Å². The van der Waals surface area contributed by atoms with Crippen LogP contribution in [-0.4, -0.2) is 68.1 Å². The van der Waals surface area contributed by atoms with Gasteiger partial charge in [-0.15, -0.1) is 6.54 Å². The molecular formula is C19H23F4N4O3-. The van der Waals surface area contributed by atoms with Gasteiger partial charge in [0.2, 0.25) is 5.91 Å². The lowest BCUT2D eigenvalue weighted by Gasteiger charge is -2.32. The molecule has 0 spiro atoms. The quantitative estimate of drug-likeness (QED) is 0.609. The number of halogens is 4. The zero-order valence-corrected chi connectivity index (χ0v) is 16.1. The summed E-state index contributed by atoms with van der Waals surface area (Å²) in [6.07, 6.45) is -4.30. The van der Waals surface area contributed by atoms with Crippen LogP contribution in [0, 0.1) is 0 Å². The standard InChI is InChI=1S/C19H23F4N4O3/c20-16(21)9-27(11-1-2-11)15(8-24)19(29)25-14-4-3-12(7-13(14)18(22)23)26-5-6-30-10-17(26)28/h3-4,7,11,15-16,18,24H,1-2,5-6,8-10H2,(H,25,29)/q-1/t15-/m1/s1. The summed E-state index contributed by atoms with van der Waals surface area (Å²) in [5.74, 6) is -1.14. The molecule has 11 heteroatoms. The van der Waals surface area contributed by atoms with Gasteiger partial charge in [0.15, 0.2) is 0 Å². The monoisotopic (exact) mass is 431 g/mol. The molecule has 0 aromatic heterocycles. The average molecular weight is 431 g/mol. The molecule has 1 heterocycles. The number of nitrogens with zero attached hydrogens (tertiary/aromatic N) is 2. The molecule has 0 unspecified atom stereocenters. The molecule has 2 fully saturated rings. The third-order valence-corrected chi connectivity index (χ3v) is 5.09. The number of hydrogen-bond acceptors (Lipinski definition) is 4. The number of morpholine rings is 1. The lowest BCUT2D eigenvalue weighted by Crippen LogP contribution is -2.49. The average Bonchev–Trinajstić information content (AvgIpc) is 3.53. The largest absolute Gasteiger partial charge is 0.676 e. The Labute approximate surface area is 171 Å². The smallest absolute Gasteiger partial charge is 0.265 e. The minimum absolute atomic E-state index is 0.144. The van der Waals surface area contributed by atoms with Crippen molar-refractivity contribution in [2.75, 3.05) is 43.1 Å². The molecule has 1 saturated heterocycles. The second-order valence-corrected chi connectivity index (χ2v) is 7.20. The first-order valence-corrected chi connectivity index (χ1v) is 9.61. The molecular weight excluding hydrogens is 408 g/mol. The summed E-state index contributed by atoms with van der Waals surface area (Å²) < 4.78 is 58.1. The fourth-order valence-electron chi connectivity index (χ4n) is 3.48. The van der Waals surface area contributed by atoms with Gasteiger partial charge in [0.1, 0.15) is 6.61 Å². The highest BCUT2D eigenvalue weighted by Crippen LogP contribution is 2.33. The van der Waals surface area contributed by atoms with Crippen molar-refractivity contribution in [1.29, 1.82) is 0 Å². The summed E-state index contributed by atoms with van der Waals surface area (Å²) in [7, 11) is 0. The minimum Gasteiger partial charge on any atom is -0.676 e. The van der Waals surface area contributed by atoms with Crippen LogP contribution in [0.2, 0.25) is 0 Å². The number of anilines is 2. The predicted octanol–water partition coefficient (Wildman–Crippen LogP) is 3.08. The minimum atomic E-state index is -2.94. The summed E-state index contributed by atoms with van der Waals surface area (Å²) >= 11 is 0. The lowest BCUT2D eigenvalue weighted by atomic mass is 10.1. The normalized spacial score (nSPS) is 18.4. The highest BCUT2D eigenvalue weighted by Gasteiger charge is 2.37. The number of rotatable bonds is 9. The number of alkyl halides is 4. The summed E-state index contributed by atoms with van der Waals surface area (Å²) in [6.45, 7) is -0.770. The zero-order chi connectivity index (χ0) is 21.8. The third kappa shape index (κ3) is 5.27. The topological polar surface area (TPSA) is 85.7 Å². The van der Waals surface area contributed by atoms with Crippen molar-refractivity contribution in [2.24, 2.45) is 0 Å². The Balaban J connectivity index is 1.80. The maximum atomic E-state index is 13.6. The van der Waals surface area contributed by atoms with Gasteiger partial charge in [-0.1, -0.05) is 0 Å². The second-order valence-electron chi connectivity index (χ2n) is 7.20. The van der Waals surface area contributed by atoms with Gasteiger partial charge in [0, 0.05) is 29.5 Å². The molecule has 0 bridgehead atoms. The molecule has 166 valence electrons. The molecule has 1 aromatic rings. The lowest BCUT2D eigenvalue weighted by molar-refractivity contribution is -0.125. The summed E-state index contributed by atoms with van der Waals surface area (Å²) in [5, 5.41) is 2.37. The van der Waals surface area contributed by atoms with Crippen LogP contribution in [-0.2, 0) is 14.3 Å². The van der Waals surface area contributed by atoms with Crippen LogP contribution in [0.3, 0.4) is 0 Å². The van der Waals surface area contributed by atoms with Crippen molar-refractivity contribution in [2.45, 2.75) is 37.8 Å². The van der Waals surface area contributed by atoms with Crippen molar-refractivity contribution in [3.8, 4) is 0 Å². The molecule has 1 atom stereocenters. The van der Waals surface area contributed by atoms with Gasteiger partial charge in [-0.05, 0) is 31.0 Å². The molecule has 1 aliphatic heterocycles. The number of benzene rings is 1. The van der Waals surface area contributed by atoms with Crippen LogP contribution in [0.15, 0.2) is 18.2 Å². The van der Waals surface area contributed by atoms with Crippen LogP contribution >= 0.6 is 0 Å². The Kier molecular flexibility index (Phi) is 7.27. The van der Waals surface area contributed by atoms with E-state index in [0.717, 1.165) is 6.07 Å². The van der Waals surface area contributed by atoms with E-state index < -0.39 is 43.5 Å². The van der Waals surface area contributed by atoms with E-state index >= 15 is 0 Å². The number of amides is 2. The summed E-state index contributed by atoms with van der Waals surface area (Å²) in [4.78, 5) is 27.2. The van der Waals surface area contributed by atoms with Crippen LogP contribution in [0.1, 0.15) is 24.8 Å². The Morgan fingerprint density at radius 1 is 1.30 bits per heavy atom. The molecule has 1 saturated carbocycles. The Hall–Kier alpha value is -2.24. The molecule has 2 amide bonds. The van der Waals surface area contributed by atoms with Crippen molar-refractivity contribution in [3.63, 3.8) is 0 Å². The first-order valence-electron chi connectivity index (χ1n) is 9.61. The van der Waals surface area contributed by atoms with Gasteiger partial charge in [0.05, 0.1) is 19.2 Å². The first-order chi connectivity index (χ1) is 14.3. The molecule has 2 N–H and O–H groups in total. The Bertz CT molecular complexity index is 776. The fourth-order valence-corrected chi connectivity index (χ4v) is 3.48. The van der Waals surface area contributed by atoms with Gasteiger partial charge in [-0.3, -0.25) is 14.5 Å². The number of hydrogen-bond donors (Lipinski definition) is 1. The number of ether oxygens (including phenoxy) is 1. The molecule has 1 aromatic carbocycles. The van der Waals surface area contributed by atoms with E-state index in [1.54, 1.807) is 0 Å². The first kappa shape index (κ1) is 22.4. The van der Waals surface area contributed by atoms with E-state index in [4.69, 9.17) is 10.5 Å². The van der Waals surface area contributed by atoms with E-state index in [1.807, 2.05) is 0 Å². The Morgan fingerprint density at radius 3 is 2.60 bits per heavy atom. The SMILES string of the molecule is [NH-]C[C@H](C(=O)Nc1ccc(N2CCOCC2=O)cc1C(F)F)N(CC(F)F)C1CC1. The molecule has 0 radical (unpaired) electrons. The van der Waals surface area contributed by atoms with Gasteiger partial charge in [-0.2, -0.15) is 0 Å². The molecule has 7 nitrogen and oxygen atoms in total. The van der Waals surface area contributed by atoms with Gasteiger partial charge in [-0.25, -0.2) is 17.6 Å². The van der Waals surface area contributed by atoms with Crippen molar-refractivity contribution < 1.29 is 31.9 Å². The second kappa shape index (κ2) is 9.71. The molecule has 2 aliphatic rings. The van der Waals surface area contributed by atoms with Crippen molar-refractivity contribution in [1.82, 2.24) is 4.90 Å². The van der Waals surface area contributed by atoms with Gasteiger partial charge < -0.3 is 20.7 Å². The predicted molar refractivity (Wildman–Crippen MR) is 102 cm³/mol. The highest BCUT2D eigenvalue weighted by atomic mass is 19.3. The number of nitrogens with one attached hydrogen (secondary N) is 2. The van der Waals surface area contributed by atoms with E-state index in [0.29, 0.717) is 12.8 Å². The van der Waals surface area contributed by atoms with E-state index in [2.05, 4.69) is 5.32 Å². The van der Waals surface area contributed by atoms with E-state index in [1.165, 1.54) is 21.9 Å². The van der Waals surface area contributed by atoms with E-state index in [-0.39, 0.29) is 43.1 Å².